The normalized spacial score (nSPS) is 12.0. The minimum atomic E-state index is -3.53. The Kier molecular flexibility index (Phi) is 5.07. The fraction of sp³-hybridized carbons (Fsp3) is 0.455. The summed E-state index contributed by atoms with van der Waals surface area (Å²) >= 11 is 0. The van der Waals surface area contributed by atoms with E-state index in [2.05, 4.69) is 0 Å². The zero-order valence-corrected chi connectivity index (χ0v) is 10.7. The summed E-state index contributed by atoms with van der Waals surface area (Å²) in [5.41, 5.74) is 6.25. The molecular formula is C11H18N2O3S. The number of sulfonamides is 1. The average molecular weight is 258 g/mol. The number of rotatable bonds is 6. The maximum absolute atomic E-state index is 12.2. The Morgan fingerprint density at radius 3 is 2.65 bits per heavy atom. The third kappa shape index (κ3) is 3.26. The summed E-state index contributed by atoms with van der Waals surface area (Å²) in [4.78, 5) is 0.218. The van der Waals surface area contributed by atoms with E-state index >= 15 is 0 Å². The van der Waals surface area contributed by atoms with Crippen LogP contribution in [0.4, 0.5) is 0 Å². The molecule has 0 aromatic heterocycles. The molecule has 1 aromatic rings. The third-order valence-electron chi connectivity index (χ3n) is 2.47. The van der Waals surface area contributed by atoms with Gasteiger partial charge in [-0.1, -0.05) is 19.1 Å². The molecule has 1 rings (SSSR count). The van der Waals surface area contributed by atoms with Gasteiger partial charge in [0.25, 0.3) is 0 Å². The van der Waals surface area contributed by atoms with Crippen LogP contribution in [0, 0.1) is 0 Å². The topological polar surface area (TPSA) is 83.6 Å². The van der Waals surface area contributed by atoms with Gasteiger partial charge in [-0.3, -0.25) is 0 Å². The number of aliphatic hydroxyl groups is 1. The fourth-order valence-corrected chi connectivity index (χ4v) is 3.05. The fourth-order valence-electron chi connectivity index (χ4n) is 1.54. The molecule has 0 bridgehead atoms. The number of hydrogen-bond acceptors (Lipinski definition) is 4. The lowest BCUT2D eigenvalue weighted by molar-refractivity contribution is 0.257. The molecule has 0 aliphatic heterocycles. The lowest BCUT2D eigenvalue weighted by Crippen LogP contribution is -2.33. The Labute approximate surface area is 102 Å². The standard InChI is InChI=1S/C11H18N2O3S/c1-2-13(6-7-14)17(15,16)11-5-3-4-10(8-11)9-12/h3-5,8,14H,2,6-7,9,12H2,1H3. The van der Waals surface area contributed by atoms with Gasteiger partial charge >= 0.3 is 0 Å². The molecule has 3 N–H and O–H groups in total. The van der Waals surface area contributed by atoms with Gasteiger partial charge in [0, 0.05) is 19.6 Å². The van der Waals surface area contributed by atoms with Crippen molar-refractivity contribution in [2.24, 2.45) is 5.73 Å². The van der Waals surface area contributed by atoms with Crippen molar-refractivity contribution >= 4 is 10.0 Å². The minimum Gasteiger partial charge on any atom is -0.395 e. The van der Waals surface area contributed by atoms with Crippen molar-refractivity contribution in [1.82, 2.24) is 4.31 Å². The van der Waals surface area contributed by atoms with E-state index in [1.54, 1.807) is 25.1 Å². The van der Waals surface area contributed by atoms with Gasteiger partial charge in [-0.05, 0) is 17.7 Å². The summed E-state index contributed by atoms with van der Waals surface area (Å²) in [5, 5.41) is 8.85. The van der Waals surface area contributed by atoms with E-state index in [9.17, 15) is 8.42 Å². The molecule has 6 heteroatoms. The van der Waals surface area contributed by atoms with Crippen LogP contribution in [0.25, 0.3) is 0 Å². The maximum atomic E-state index is 12.2. The predicted molar refractivity (Wildman–Crippen MR) is 65.9 cm³/mol. The van der Waals surface area contributed by atoms with E-state index < -0.39 is 10.0 Å². The van der Waals surface area contributed by atoms with Gasteiger partial charge in [0.1, 0.15) is 0 Å². The Morgan fingerprint density at radius 1 is 1.41 bits per heavy atom. The summed E-state index contributed by atoms with van der Waals surface area (Å²) in [7, 11) is -3.53. The first-order valence-electron chi connectivity index (χ1n) is 5.46. The second-order valence-electron chi connectivity index (χ2n) is 3.57. The molecule has 17 heavy (non-hydrogen) atoms. The van der Waals surface area contributed by atoms with E-state index in [1.807, 2.05) is 0 Å². The van der Waals surface area contributed by atoms with E-state index in [1.165, 1.54) is 10.4 Å². The van der Waals surface area contributed by atoms with Crippen molar-refractivity contribution < 1.29 is 13.5 Å². The van der Waals surface area contributed by atoms with Gasteiger partial charge in [0.15, 0.2) is 0 Å². The highest BCUT2D eigenvalue weighted by atomic mass is 32.2. The Hall–Kier alpha value is -0.950. The van der Waals surface area contributed by atoms with Crippen molar-refractivity contribution in [2.75, 3.05) is 19.7 Å². The number of hydrogen-bond donors (Lipinski definition) is 2. The number of nitrogens with zero attached hydrogens (tertiary/aromatic N) is 1. The monoisotopic (exact) mass is 258 g/mol. The molecule has 1 aromatic carbocycles. The van der Waals surface area contributed by atoms with Crippen LogP contribution in [0.5, 0.6) is 0 Å². The van der Waals surface area contributed by atoms with Gasteiger partial charge < -0.3 is 10.8 Å². The molecule has 96 valence electrons. The Bertz CT molecular complexity index is 460. The molecule has 0 radical (unpaired) electrons. The molecule has 0 saturated carbocycles. The molecule has 0 saturated heterocycles. The molecule has 0 amide bonds. The van der Waals surface area contributed by atoms with Crippen LogP contribution in [0.15, 0.2) is 29.2 Å². The lowest BCUT2D eigenvalue weighted by Gasteiger charge is -2.19. The zero-order chi connectivity index (χ0) is 12.9. The van der Waals surface area contributed by atoms with Crippen LogP contribution in [-0.4, -0.2) is 37.5 Å². The largest absolute Gasteiger partial charge is 0.395 e. The van der Waals surface area contributed by atoms with E-state index in [4.69, 9.17) is 10.8 Å². The van der Waals surface area contributed by atoms with Gasteiger partial charge in [-0.25, -0.2) is 8.42 Å². The van der Waals surface area contributed by atoms with Crippen LogP contribution < -0.4 is 5.73 Å². The summed E-state index contributed by atoms with van der Waals surface area (Å²) in [6.45, 7) is 2.28. The second kappa shape index (κ2) is 6.11. The first-order valence-corrected chi connectivity index (χ1v) is 6.90. The number of benzene rings is 1. The van der Waals surface area contributed by atoms with Crippen molar-refractivity contribution in [3.05, 3.63) is 29.8 Å². The van der Waals surface area contributed by atoms with Crippen molar-refractivity contribution in [1.29, 1.82) is 0 Å². The smallest absolute Gasteiger partial charge is 0.243 e. The summed E-state index contributed by atoms with van der Waals surface area (Å²) in [6.07, 6.45) is 0. The molecule has 0 atom stereocenters. The average Bonchev–Trinajstić information content (AvgIpc) is 2.35. The first-order chi connectivity index (χ1) is 8.06. The highest BCUT2D eigenvalue weighted by Gasteiger charge is 2.22. The molecular weight excluding hydrogens is 240 g/mol. The number of aliphatic hydroxyl groups excluding tert-OH is 1. The molecule has 5 nitrogen and oxygen atoms in total. The Balaban J connectivity index is 3.10. The highest BCUT2D eigenvalue weighted by molar-refractivity contribution is 7.89. The van der Waals surface area contributed by atoms with Gasteiger partial charge in [-0.15, -0.1) is 0 Å². The van der Waals surface area contributed by atoms with Crippen LogP contribution in [0.2, 0.25) is 0 Å². The first kappa shape index (κ1) is 14.1. The van der Waals surface area contributed by atoms with Crippen LogP contribution in [-0.2, 0) is 16.6 Å². The molecule has 0 spiro atoms. The van der Waals surface area contributed by atoms with E-state index in [0.29, 0.717) is 13.1 Å². The molecule has 0 heterocycles. The molecule has 0 aliphatic carbocycles. The Morgan fingerprint density at radius 2 is 2.12 bits per heavy atom. The summed E-state index contributed by atoms with van der Waals surface area (Å²) in [6, 6.07) is 6.55. The summed E-state index contributed by atoms with van der Waals surface area (Å²) < 4.78 is 25.6. The van der Waals surface area contributed by atoms with Crippen molar-refractivity contribution in [3.8, 4) is 0 Å². The van der Waals surface area contributed by atoms with Crippen molar-refractivity contribution in [3.63, 3.8) is 0 Å². The maximum Gasteiger partial charge on any atom is 0.243 e. The van der Waals surface area contributed by atoms with E-state index in [0.717, 1.165) is 5.56 Å². The van der Waals surface area contributed by atoms with E-state index in [-0.39, 0.29) is 18.0 Å². The second-order valence-corrected chi connectivity index (χ2v) is 5.51. The molecule has 0 unspecified atom stereocenters. The van der Waals surface area contributed by atoms with Crippen molar-refractivity contribution in [2.45, 2.75) is 18.4 Å². The SMILES string of the molecule is CCN(CCO)S(=O)(=O)c1cccc(CN)c1. The van der Waals surface area contributed by atoms with Gasteiger partial charge in [0.05, 0.1) is 11.5 Å². The summed E-state index contributed by atoms with van der Waals surface area (Å²) in [5.74, 6) is 0. The quantitative estimate of drug-likeness (QED) is 0.760. The zero-order valence-electron chi connectivity index (χ0n) is 9.83. The van der Waals surface area contributed by atoms with Crippen LogP contribution >= 0.6 is 0 Å². The highest BCUT2D eigenvalue weighted by Crippen LogP contribution is 2.16. The number of nitrogens with two attached hydrogens (primary N) is 1. The molecule has 0 fully saturated rings. The van der Waals surface area contributed by atoms with Crippen LogP contribution in [0.1, 0.15) is 12.5 Å². The number of likely N-dealkylation sites (N-methyl/N-ethyl adjacent to an activating group) is 1. The van der Waals surface area contributed by atoms with Crippen LogP contribution in [0.3, 0.4) is 0 Å². The minimum absolute atomic E-state index is 0.103. The van der Waals surface area contributed by atoms with Gasteiger partial charge in [0.2, 0.25) is 10.0 Å². The lowest BCUT2D eigenvalue weighted by atomic mass is 10.2. The third-order valence-corrected chi connectivity index (χ3v) is 4.44. The molecule has 0 aliphatic rings. The van der Waals surface area contributed by atoms with Gasteiger partial charge in [-0.2, -0.15) is 4.31 Å². The predicted octanol–water partition coefficient (Wildman–Crippen LogP) is 0.148.